The predicted octanol–water partition coefficient (Wildman–Crippen LogP) is 1.85. The number of thiocarbonyl (C=S) groups is 1. The fourth-order valence-electron chi connectivity index (χ4n) is 3.19. The van der Waals surface area contributed by atoms with Gasteiger partial charge in [-0.2, -0.15) is 0 Å². The van der Waals surface area contributed by atoms with E-state index in [9.17, 15) is 9.59 Å². The minimum absolute atomic E-state index is 0.0681. The number of carbonyl (C=O) groups is 1. The zero-order valence-corrected chi connectivity index (χ0v) is 17.3. The molecule has 1 aromatic heterocycles. The molecule has 27 heavy (non-hydrogen) atoms. The van der Waals surface area contributed by atoms with Crippen LogP contribution in [-0.4, -0.2) is 21.8 Å². The summed E-state index contributed by atoms with van der Waals surface area (Å²) in [5, 5.41) is 2.64. The van der Waals surface area contributed by atoms with Crippen molar-refractivity contribution in [1.29, 1.82) is 0 Å². The zero-order chi connectivity index (χ0) is 19.1. The fraction of sp³-hybridized carbons (Fsp3) is 0.211. The molecule has 0 bridgehead atoms. The highest BCUT2D eigenvalue weighted by Gasteiger charge is 2.26. The van der Waals surface area contributed by atoms with Gasteiger partial charge in [-0.15, -0.1) is 11.3 Å². The van der Waals surface area contributed by atoms with E-state index in [0.29, 0.717) is 25.0 Å². The number of benzene rings is 1. The molecule has 4 rings (SSSR count). The maximum absolute atomic E-state index is 13.2. The van der Waals surface area contributed by atoms with Gasteiger partial charge >= 0.3 is 0 Å². The average Bonchev–Trinajstić information content (AvgIpc) is 3.15. The maximum atomic E-state index is 13.2. The molecule has 0 atom stereocenters. The largest absolute Gasteiger partial charge is 0.343 e. The Morgan fingerprint density at radius 2 is 1.96 bits per heavy atom. The Morgan fingerprint density at radius 3 is 2.67 bits per heavy atom. The van der Waals surface area contributed by atoms with Crippen molar-refractivity contribution >= 4 is 67.9 Å². The number of aromatic nitrogens is 1. The van der Waals surface area contributed by atoms with E-state index in [1.807, 2.05) is 55.3 Å². The van der Waals surface area contributed by atoms with Crippen molar-refractivity contribution in [3.63, 3.8) is 0 Å². The lowest BCUT2D eigenvalue weighted by Gasteiger charge is -2.25. The summed E-state index contributed by atoms with van der Waals surface area (Å²) in [7, 11) is 1.96. The summed E-state index contributed by atoms with van der Waals surface area (Å²) < 4.78 is 3.43. The molecule has 0 saturated carbocycles. The van der Waals surface area contributed by atoms with Crippen LogP contribution in [-0.2, 0) is 11.3 Å². The van der Waals surface area contributed by atoms with E-state index in [1.165, 1.54) is 23.1 Å². The third-order valence-corrected chi connectivity index (χ3v) is 7.01. The first kappa shape index (κ1) is 18.2. The third kappa shape index (κ3) is 3.07. The van der Waals surface area contributed by atoms with E-state index >= 15 is 0 Å². The van der Waals surface area contributed by atoms with Crippen LogP contribution in [0.25, 0.3) is 16.7 Å². The molecule has 1 aromatic carbocycles. The second kappa shape index (κ2) is 7.10. The number of nitrogens with one attached hydrogen (secondary N) is 1. The van der Waals surface area contributed by atoms with Gasteiger partial charge in [-0.25, -0.2) is 0 Å². The van der Waals surface area contributed by atoms with Crippen molar-refractivity contribution in [3.8, 4) is 0 Å². The van der Waals surface area contributed by atoms with Crippen molar-refractivity contribution in [2.75, 3.05) is 11.9 Å². The Bertz CT molecular complexity index is 1170. The zero-order valence-electron chi connectivity index (χ0n) is 14.8. The minimum Gasteiger partial charge on any atom is -0.343 e. The first-order valence-electron chi connectivity index (χ1n) is 8.53. The molecule has 1 fully saturated rings. The molecule has 2 aromatic rings. The van der Waals surface area contributed by atoms with Gasteiger partial charge in [-0.3, -0.25) is 14.2 Å². The van der Waals surface area contributed by atoms with Crippen LogP contribution < -0.4 is 25.0 Å². The highest BCUT2D eigenvalue weighted by atomic mass is 32.2. The molecule has 2 aliphatic rings. The van der Waals surface area contributed by atoms with E-state index in [0.717, 1.165) is 23.4 Å². The summed E-state index contributed by atoms with van der Waals surface area (Å²) in [6.07, 6.45) is 4.79. The molecule has 2 aliphatic heterocycles. The Morgan fingerprint density at radius 1 is 1.19 bits per heavy atom. The van der Waals surface area contributed by atoms with Crippen LogP contribution in [0.1, 0.15) is 18.9 Å². The summed E-state index contributed by atoms with van der Waals surface area (Å²) in [5.74, 6) is -0.231. The lowest BCUT2D eigenvalue weighted by atomic mass is 10.1. The van der Waals surface area contributed by atoms with Crippen LogP contribution in [0.2, 0.25) is 0 Å². The highest BCUT2D eigenvalue weighted by molar-refractivity contribution is 8.30. The molecule has 5 nitrogen and oxygen atoms in total. The number of hydrogen-bond acceptors (Lipinski definition) is 6. The number of para-hydroxylation sites is 1. The second-order valence-corrected chi connectivity index (χ2v) is 8.89. The van der Waals surface area contributed by atoms with Crippen LogP contribution in [0.15, 0.2) is 35.1 Å². The number of fused-ring (bicyclic) bond motifs is 1. The smallest absolute Gasteiger partial charge is 0.271 e. The molecule has 0 radical (unpaired) electrons. The van der Waals surface area contributed by atoms with E-state index in [1.54, 1.807) is 4.57 Å². The lowest BCUT2D eigenvalue weighted by Crippen LogP contribution is -2.36. The van der Waals surface area contributed by atoms with Crippen molar-refractivity contribution in [2.45, 2.75) is 19.9 Å². The molecule has 1 N–H and O–H groups in total. The predicted molar refractivity (Wildman–Crippen MR) is 117 cm³/mol. The van der Waals surface area contributed by atoms with Gasteiger partial charge in [-0.1, -0.05) is 55.2 Å². The van der Waals surface area contributed by atoms with Crippen LogP contribution in [0.4, 0.5) is 5.69 Å². The molecule has 1 amide bonds. The van der Waals surface area contributed by atoms with Gasteiger partial charge in [0, 0.05) is 19.3 Å². The van der Waals surface area contributed by atoms with Gasteiger partial charge in [0.15, 0.2) is 0 Å². The summed E-state index contributed by atoms with van der Waals surface area (Å²) in [5.41, 5.74) is 2.93. The number of carbonyl (C=O) groups excluding carboxylic acids is 1. The van der Waals surface area contributed by atoms with Crippen LogP contribution in [0.3, 0.4) is 0 Å². The molecular formula is C19H17N3O2S3. The second-order valence-electron chi connectivity index (χ2n) is 6.20. The summed E-state index contributed by atoms with van der Waals surface area (Å²) in [6.45, 7) is 2.58. The summed E-state index contributed by atoms with van der Waals surface area (Å²) in [6, 6.07) is 8.06. The number of hydrogen-bond donors (Lipinski definition) is 1. The van der Waals surface area contributed by atoms with Gasteiger partial charge in [0.1, 0.15) is 18.4 Å². The number of likely N-dealkylation sites (N-methyl/N-ethyl adjacent to an activating group) is 1. The molecule has 0 spiro atoms. The number of amides is 1. The number of nitrogens with zero attached hydrogens (tertiary/aromatic N) is 2. The number of thioether (sulfide) groups is 1. The maximum Gasteiger partial charge on any atom is 0.271 e. The number of thiazole rings is 1. The summed E-state index contributed by atoms with van der Waals surface area (Å²) >= 11 is 7.69. The third-order valence-electron chi connectivity index (χ3n) is 4.45. The van der Waals surface area contributed by atoms with E-state index < -0.39 is 0 Å². The standard InChI is InChI=1S/C19H17N3O2S3/c1-3-10-22-17(24)14(26-18(22)15-16(23)20-19(25)27-15)13-9-8-11-6-4-5-7-12(11)21(13)2/h4-9H,3,10H2,1-2H3,(H,20,23,25)/b14-13+,18-15-. The SMILES string of the molecule is CCCn1c(=O)/c(=C2/C=Cc3ccccc3N2C)s/c1=C1\SC(=S)NC1=O. The highest BCUT2D eigenvalue weighted by Crippen LogP contribution is 2.29. The fourth-order valence-corrected chi connectivity index (χ4v) is 5.63. The number of anilines is 1. The topological polar surface area (TPSA) is 54.3 Å². The molecule has 0 aliphatic carbocycles. The van der Waals surface area contributed by atoms with Crippen LogP contribution >= 0.6 is 35.3 Å². The van der Waals surface area contributed by atoms with Crippen molar-refractivity contribution < 1.29 is 4.79 Å². The van der Waals surface area contributed by atoms with E-state index in [-0.39, 0.29) is 11.5 Å². The lowest BCUT2D eigenvalue weighted by molar-refractivity contribution is -0.113. The normalized spacial score (nSPS) is 20.1. The van der Waals surface area contributed by atoms with Gasteiger partial charge in [0.05, 0.1) is 5.70 Å². The van der Waals surface area contributed by atoms with Crippen LogP contribution in [0, 0.1) is 0 Å². The van der Waals surface area contributed by atoms with E-state index in [2.05, 4.69) is 5.32 Å². The first-order valence-corrected chi connectivity index (χ1v) is 10.6. The van der Waals surface area contributed by atoms with Gasteiger partial charge in [0.2, 0.25) is 0 Å². The van der Waals surface area contributed by atoms with Crippen molar-refractivity contribution in [1.82, 2.24) is 9.88 Å². The first-order chi connectivity index (χ1) is 13.0. The Labute approximate surface area is 169 Å². The Hall–Kier alpha value is -2.16. The van der Waals surface area contributed by atoms with Gasteiger partial charge in [-0.05, 0) is 24.1 Å². The summed E-state index contributed by atoms with van der Waals surface area (Å²) in [4.78, 5) is 28.0. The van der Waals surface area contributed by atoms with Gasteiger partial charge < -0.3 is 10.2 Å². The molecule has 138 valence electrons. The average molecular weight is 416 g/mol. The monoisotopic (exact) mass is 415 g/mol. The van der Waals surface area contributed by atoms with Crippen molar-refractivity contribution in [2.24, 2.45) is 0 Å². The molecular weight excluding hydrogens is 398 g/mol. The molecule has 3 heterocycles. The van der Waals surface area contributed by atoms with Crippen LogP contribution in [0.5, 0.6) is 0 Å². The van der Waals surface area contributed by atoms with Gasteiger partial charge in [0.25, 0.3) is 11.5 Å². The minimum atomic E-state index is -0.231. The molecule has 8 heteroatoms. The molecule has 0 unspecified atom stereocenters. The molecule has 1 saturated heterocycles. The Kier molecular flexibility index (Phi) is 4.79. The van der Waals surface area contributed by atoms with E-state index in [4.69, 9.17) is 12.2 Å². The quantitative estimate of drug-likeness (QED) is 0.759. The van der Waals surface area contributed by atoms with Crippen molar-refractivity contribution in [3.05, 3.63) is 55.5 Å². The number of rotatable bonds is 2. The Balaban J connectivity index is 2.02.